The number of nitrogens with one attached hydrogen (secondary N) is 1. The minimum Gasteiger partial charge on any atom is -0.496 e. The van der Waals surface area contributed by atoms with Crippen molar-refractivity contribution in [3.05, 3.63) is 72.0 Å². The van der Waals surface area contributed by atoms with Crippen LogP contribution < -0.4 is 14.8 Å². The minimum atomic E-state index is -1.02. The Labute approximate surface area is 179 Å². The molecule has 0 radical (unpaired) electrons. The topological polar surface area (TPSA) is 63.9 Å². The normalized spacial score (nSPS) is 13.3. The molecule has 0 fully saturated rings. The summed E-state index contributed by atoms with van der Waals surface area (Å²) >= 11 is 1.66. The van der Waals surface area contributed by atoms with Crippen LogP contribution in [0.2, 0.25) is 0 Å². The molecule has 2 heterocycles. The molecule has 1 atom stereocenters. The summed E-state index contributed by atoms with van der Waals surface area (Å²) in [5, 5.41) is 17.2. The maximum Gasteiger partial charge on any atom is 0.123 e. The molecule has 0 saturated carbocycles. The fourth-order valence-corrected chi connectivity index (χ4v) is 4.25. The predicted molar refractivity (Wildman–Crippen MR) is 120 cm³/mol. The highest BCUT2D eigenvalue weighted by Crippen LogP contribution is 2.35. The Morgan fingerprint density at radius 1 is 1.13 bits per heavy atom. The van der Waals surface area contributed by atoms with Gasteiger partial charge in [-0.2, -0.15) is 0 Å². The highest BCUT2D eigenvalue weighted by Gasteiger charge is 2.21. The molecule has 6 heteroatoms. The van der Waals surface area contributed by atoms with Gasteiger partial charge in [0, 0.05) is 35.0 Å². The number of benzene rings is 2. The number of hydrogen-bond acceptors (Lipinski definition) is 6. The van der Waals surface area contributed by atoms with Gasteiger partial charge in [0.15, 0.2) is 0 Å². The van der Waals surface area contributed by atoms with E-state index in [2.05, 4.69) is 10.7 Å². The van der Waals surface area contributed by atoms with Crippen LogP contribution in [0.1, 0.15) is 12.5 Å². The third kappa shape index (κ3) is 4.67. The Kier molecular flexibility index (Phi) is 6.08. The summed E-state index contributed by atoms with van der Waals surface area (Å²) in [6.45, 7) is 2.94. The van der Waals surface area contributed by atoms with Gasteiger partial charge in [0.25, 0.3) is 0 Å². The lowest BCUT2D eigenvalue weighted by atomic mass is 10.1. The van der Waals surface area contributed by atoms with E-state index in [1.54, 1.807) is 37.9 Å². The molecule has 2 aromatic carbocycles. The summed E-state index contributed by atoms with van der Waals surface area (Å²) in [5.41, 5.74) is 2.22. The standard InChI is InChI=1S/C24H25NO4S/c1-24(26,15-25-11-18-6-3-4-9-22(18)27-2)16-29-19-8-5-7-17(10-19)21-14-30-23-13-28-12-20(21)23/h3-10,12-14,25-26H,11,15-16H2,1-2H3/t24-/m1/s1. The van der Waals surface area contributed by atoms with Crippen molar-refractivity contribution >= 4 is 21.4 Å². The van der Waals surface area contributed by atoms with Gasteiger partial charge >= 0.3 is 0 Å². The van der Waals surface area contributed by atoms with Crippen LogP contribution in [0.3, 0.4) is 0 Å². The number of fused-ring (bicyclic) bond motifs is 1. The van der Waals surface area contributed by atoms with E-state index >= 15 is 0 Å². The van der Waals surface area contributed by atoms with Crippen molar-refractivity contribution in [2.45, 2.75) is 19.1 Å². The Balaban J connectivity index is 1.35. The van der Waals surface area contributed by atoms with E-state index in [4.69, 9.17) is 13.9 Å². The van der Waals surface area contributed by atoms with Crippen LogP contribution in [-0.4, -0.2) is 31.0 Å². The van der Waals surface area contributed by atoms with Crippen molar-refractivity contribution in [2.24, 2.45) is 0 Å². The van der Waals surface area contributed by atoms with Crippen molar-refractivity contribution < 1.29 is 19.0 Å². The maximum absolute atomic E-state index is 10.7. The molecule has 0 unspecified atom stereocenters. The monoisotopic (exact) mass is 423 g/mol. The molecule has 156 valence electrons. The number of furan rings is 1. The second-order valence-electron chi connectivity index (χ2n) is 7.53. The second kappa shape index (κ2) is 8.92. The third-order valence-electron chi connectivity index (χ3n) is 4.93. The van der Waals surface area contributed by atoms with Crippen molar-refractivity contribution in [1.82, 2.24) is 5.32 Å². The summed E-state index contributed by atoms with van der Waals surface area (Å²) in [6, 6.07) is 15.7. The molecule has 4 aromatic rings. The Morgan fingerprint density at radius 2 is 2.00 bits per heavy atom. The van der Waals surface area contributed by atoms with Crippen molar-refractivity contribution in [1.29, 1.82) is 0 Å². The lowest BCUT2D eigenvalue weighted by molar-refractivity contribution is 0.0120. The first-order chi connectivity index (χ1) is 14.6. The Bertz CT molecular complexity index is 1120. The zero-order valence-electron chi connectivity index (χ0n) is 17.1. The molecule has 0 aliphatic carbocycles. The number of thiophene rings is 1. The van der Waals surface area contributed by atoms with Crippen molar-refractivity contribution in [2.75, 3.05) is 20.3 Å². The van der Waals surface area contributed by atoms with Gasteiger partial charge in [0.2, 0.25) is 0 Å². The largest absolute Gasteiger partial charge is 0.496 e. The van der Waals surface area contributed by atoms with Crippen LogP contribution in [0.4, 0.5) is 0 Å². The number of aliphatic hydroxyl groups is 1. The minimum absolute atomic E-state index is 0.181. The van der Waals surface area contributed by atoms with Crippen LogP contribution in [0.15, 0.2) is 70.9 Å². The maximum atomic E-state index is 10.7. The fraction of sp³-hybridized carbons (Fsp3) is 0.250. The fourth-order valence-electron chi connectivity index (χ4n) is 3.34. The highest BCUT2D eigenvalue weighted by molar-refractivity contribution is 7.17. The molecule has 2 aromatic heterocycles. The quantitative estimate of drug-likeness (QED) is 0.393. The zero-order chi connectivity index (χ0) is 21.0. The van der Waals surface area contributed by atoms with Crippen molar-refractivity contribution in [3.63, 3.8) is 0 Å². The van der Waals surface area contributed by atoms with E-state index in [1.165, 1.54) is 0 Å². The molecule has 0 saturated heterocycles. The van der Waals surface area contributed by atoms with Gasteiger partial charge in [0.05, 0.1) is 18.1 Å². The molecular formula is C24H25NO4S. The molecule has 4 rings (SSSR count). The third-order valence-corrected chi connectivity index (χ3v) is 5.85. The van der Waals surface area contributed by atoms with Gasteiger partial charge in [-0.1, -0.05) is 30.3 Å². The van der Waals surface area contributed by atoms with Gasteiger partial charge in [-0.15, -0.1) is 11.3 Å². The van der Waals surface area contributed by atoms with E-state index in [1.807, 2.05) is 48.5 Å². The number of hydrogen-bond donors (Lipinski definition) is 2. The van der Waals surface area contributed by atoms with E-state index in [9.17, 15) is 5.11 Å². The summed E-state index contributed by atoms with van der Waals surface area (Å²) in [7, 11) is 1.66. The summed E-state index contributed by atoms with van der Waals surface area (Å²) in [5.74, 6) is 1.55. The lowest BCUT2D eigenvalue weighted by Crippen LogP contribution is -2.42. The van der Waals surface area contributed by atoms with E-state index < -0.39 is 5.60 Å². The van der Waals surface area contributed by atoms with Crippen LogP contribution in [0, 0.1) is 0 Å². The number of methoxy groups -OCH3 is 1. The Morgan fingerprint density at radius 3 is 2.87 bits per heavy atom. The van der Waals surface area contributed by atoms with Crippen molar-refractivity contribution in [3.8, 4) is 22.6 Å². The molecule has 2 N–H and O–H groups in total. The summed E-state index contributed by atoms with van der Waals surface area (Å²) < 4.78 is 17.7. The van der Waals surface area contributed by atoms with Crippen LogP contribution >= 0.6 is 11.3 Å². The van der Waals surface area contributed by atoms with Gasteiger partial charge in [-0.05, 0) is 30.7 Å². The smallest absolute Gasteiger partial charge is 0.123 e. The number of ether oxygens (including phenoxy) is 2. The molecule has 30 heavy (non-hydrogen) atoms. The molecule has 0 aliphatic heterocycles. The van der Waals surface area contributed by atoms with Crippen LogP contribution in [-0.2, 0) is 6.54 Å². The SMILES string of the molecule is COc1ccccc1CNC[C@@](C)(O)COc1cccc(-c2csc3cocc23)c1. The summed E-state index contributed by atoms with van der Waals surface area (Å²) in [4.78, 5) is 0. The van der Waals surface area contributed by atoms with Gasteiger partial charge in [-0.3, -0.25) is 0 Å². The second-order valence-corrected chi connectivity index (χ2v) is 8.44. The van der Waals surface area contributed by atoms with Gasteiger partial charge < -0.3 is 24.3 Å². The summed E-state index contributed by atoms with van der Waals surface area (Å²) in [6.07, 6.45) is 3.53. The van der Waals surface area contributed by atoms with Crippen LogP contribution in [0.25, 0.3) is 21.2 Å². The van der Waals surface area contributed by atoms with E-state index in [-0.39, 0.29) is 6.61 Å². The predicted octanol–water partition coefficient (Wildman–Crippen LogP) is 5.09. The molecular weight excluding hydrogens is 398 g/mol. The number of rotatable bonds is 9. The van der Waals surface area contributed by atoms with Gasteiger partial charge in [-0.25, -0.2) is 0 Å². The molecule has 0 spiro atoms. The first-order valence-corrected chi connectivity index (χ1v) is 10.7. The average Bonchev–Trinajstić information content (AvgIpc) is 3.37. The zero-order valence-corrected chi connectivity index (χ0v) is 17.9. The molecule has 0 bridgehead atoms. The average molecular weight is 424 g/mol. The first-order valence-electron chi connectivity index (χ1n) is 9.77. The molecule has 0 aliphatic rings. The van der Waals surface area contributed by atoms with E-state index in [0.29, 0.717) is 13.1 Å². The van der Waals surface area contributed by atoms with E-state index in [0.717, 1.165) is 38.3 Å². The Hall–Kier alpha value is -2.80. The first kappa shape index (κ1) is 20.5. The molecule has 0 amide bonds. The molecule has 5 nitrogen and oxygen atoms in total. The van der Waals surface area contributed by atoms with Gasteiger partial charge in [0.1, 0.15) is 30.0 Å². The lowest BCUT2D eigenvalue weighted by Gasteiger charge is -2.24. The highest BCUT2D eigenvalue weighted by atomic mass is 32.1. The number of para-hydroxylation sites is 1. The van der Waals surface area contributed by atoms with Crippen LogP contribution in [0.5, 0.6) is 11.5 Å².